The Kier molecular flexibility index (Phi) is 8.24. The highest BCUT2D eigenvalue weighted by molar-refractivity contribution is 5.91. The summed E-state index contributed by atoms with van der Waals surface area (Å²) in [6.45, 7) is 5.59. The van der Waals surface area contributed by atoms with Crippen molar-refractivity contribution in [3.05, 3.63) is 65.7 Å². The predicted octanol–water partition coefficient (Wildman–Crippen LogP) is 4.28. The average molecular weight is 409 g/mol. The molecule has 0 saturated heterocycles. The van der Waals surface area contributed by atoms with E-state index in [-0.39, 0.29) is 13.1 Å². The van der Waals surface area contributed by atoms with Crippen molar-refractivity contribution < 1.29 is 19.1 Å². The second kappa shape index (κ2) is 10.9. The van der Waals surface area contributed by atoms with Crippen LogP contribution in [0.15, 0.2) is 54.6 Å². The first-order valence-electron chi connectivity index (χ1n) is 9.69. The zero-order chi connectivity index (χ0) is 22.0. The Morgan fingerprint density at radius 1 is 1.03 bits per heavy atom. The van der Waals surface area contributed by atoms with Crippen molar-refractivity contribution in [2.45, 2.75) is 39.4 Å². The molecule has 0 atom stereocenters. The molecule has 2 aromatic carbocycles. The highest BCUT2D eigenvalue weighted by atomic mass is 16.6. The first kappa shape index (κ1) is 22.8. The minimum Gasteiger partial charge on any atom is -0.489 e. The highest BCUT2D eigenvalue weighted by Crippen LogP contribution is 2.16. The monoisotopic (exact) mass is 409 g/mol. The number of nitrogens with zero attached hydrogens (tertiary/aromatic N) is 2. The molecule has 0 aliphatic carbocycles. The summed E-state index contributed by atoms with van der Waals surface area (Å²) in [5.41, 5.74) is 1.28. The van der Waals surface area contributed by atoms with E-state index in [4.69, 9.17) is 14.7 Å². The van der Waals surface area contributed by atoms with Crippen LogP contribution in [0.1, 0.15) is 31.9 Å². The van der Waals surface area contributed by atoms with Gasteiger partial charge in [0.05, 0.1) is 6.07 Å². The number of carbonyl (C=O) groups excluding carboxylic acids is 2. The Morgan fingerprint density at radius 2 is 1.70 bits per heavy atom. The summed E-state index contributed by atoms with van der Waals surface area (Å²) in [6, 6.07) is 18.5. The van der Waals surface area contributed by atoms with Gasteiger partial charge in [0.1, 0.15) is 24.5 Å². The normalized spacial score (nSPS) is 10.6. The molecule has 0 radical (unpaired) electrons. The van der Waals surface area contributed by atoms with Crippen LogP contribution in [0.3, 0.4) is 0 Å². The Hall–Kier alpha value is -3.53. The molecule has 0 saturated carbocycles. The predicted molar refractivity (Wildman–Crippen MR) is 113 cm³/mol. The van der Waals surface area contributed by atoms with Gasteiger partial charge in [0.25, 0.3) is 0 Å². The van der Waals surface area contributed by atoms with Crippen LogP contribution in [0.2, 0.25) is 0 Å². The van der Waals surface area contributed by atoms with Crippen LogP contribution in [0, 0.1) is 11.3 Å². The van der Waals surface area contributed by atoms with E-state index >= 15 is 0 Å². The summed E-state index contributed by atoms with van der Waals surface area (Å²) in [5.74, 6) is 0.735. The van der Waals surface area contributed by atoms with E-state index in [0.717, 1.165) is 21.8 Å². The van der Waals surface area contributed by atoms with Gasteiger partial charge in [-0.2, -0.15) is 5.26 Å². The molecule has 7 heteroatoms. The van der Waals surface area contributed by atoms with Crippen molar-refractivity contribution >= 4 is 12.1 Å². The van der Waals surface area contributed by atoms with Crippen molar-refractivity contribution in [2.75, 3.05) is 13.1 Å². The molecule has 0 spiro atoms. The largest absolute Gasteiger partial charge is 0.489 e. The lowest BCUT2D eigenvalue weighted by atomic mass is 10.1. The fourth-order valence-corrected chi connectivity index (χ4v) is 2.54. The van der Waals surface area contributed by atoms with E-state index in [1.165, 1.54) is 0 Å². The van der Waals surface area contributed by atoms with Crippen molar-refractivity contribution in [3.8, 4) is 11.8 Å². The van der Waals surface area contributed by atoms with Crippen molar-refractivity contribution in [1.82, 2.24) is 10.2 Å². The molecule has 2 aromatic rings. The van der Waals surface area contributed by atoms with E-state index in [1.54, 1.807) is 20.8 Å². The van der Waals surface area contributed by atoms with Gasteiger partial charge in [0.2, 0.25) is 0 Å². The molecule has 158 valence electrons. The number of carbonyl (C=O) groups is 2. The smallest absolute Gasteiger partial charge is 0.418 e. The first-order valence-corrected chi connectivity index (χ1v) is 9.69. The summed E-state index contributed by atoms with van der Waals surface area (Å²) in [4.78, 5) is 25.6. The summed E-state index contributed by atoms with van der Waals surface area (Å²) >= 11 is 0. The van der Waals surface area contributed by atoms with Gasteiger partial charge in [-0.1, -0.05) is 42.5 Å². The van der Waals surface area contributed by atoms with Crippen LogP contribution in [0.4, 0.5) is 9.59 Å². The number of hydrogen-bond donors (Lipinski definition) is 1. The van der Waals surface area contributed by atoms with Crippen LogP contribution in [0.5, 0.6) is 5.75 Å². The number of rotatable bonds is 7. The summed E-state index contributed by atoms with van der Waals surface area (Å²) in [6.07, 6.45) is -0.307. The maximum absolute atomic E-state index is 12.4. The zero-order valence-electron chi connectivity index (χ0n) is 17.6. The minimum absolute atomic E-state index is 0.121. The molecule has 0 bridgehead atoms. The van der Waals surface area contributed by atoms with Gasteiger partial charge < -0.3 is 14.8 Å². The van der Waals surface area contributed by atoms with Crippen LogP contribution >= 0.6 is 0 Å². The molecule has 0 heterocycles. The van der Waals surface area contributed by atoms with Gasteiger partial charge >= 0.3 is 12.1 Å². The second-order valence-corrected chi connectivity index (χ2v) is 7.62. The molecule has 30 heavy (non-hydrogen) atoms. The van der Waals surface area contributed by atoms with Crippen molar-refractivity contribution in [1.29, 1.82) is 5.26 Å². The summed E-state index contributed by atoms with van der Waals surface area (Å²) in [5, 5.41) is 11.0. The van der Waals surface area contributed by atoms with E-state index < -0.39 is 17.7 Å². The standard InChI is InChI=1S/C23H27N3O4/c1-23(2,3)30-22(28)26(21(27)25-15-14-24)16-13-18-9-11-20(12-10-18)29-17-19-7-5-4-6-8-19/h4-12H,13,15-17H2,1-3H3,(H,25,27). The van der Waals surface area contributed by atoms with Gasteiger partial charge in [-0.25, -0.2) is 14.5 Å². The number of ether oxygens (including phenoxy) is 2. The number of benzene rings is 2. The van der Waals surface area contributed by atoms with E-state index in [2.05, 4.69) is 5.32 Å². The maximum Gasteiger partial charge on any atom is 0.418 e. The lowest BCUT2D eigenvalue weighted by molar-refractivity contribution is 0.0323. The van der Waals surface area contributed by atoms with Crippen molar-refractivity contribution in [3.63, 3.8) is 0 Å². The fourth-order valence-electron chi connectivity index (χ4n) is 2.54. The summed E-state index contributed by atoms with van der Waals surface area (Å²) < 4.78 is 11.1. The Bertz CT molecular complexity index is 868. The quantitative estimate of drug-likeness (QED) is 0.689. The SMILES string of the molecule is CC(C)(C)OC(=O)N(CCc1ccc(OCc2ccccc2)cc1)C(=O)NCC#N. The molecule has 0 aliphatic rings. The first-order chi connectivity index (χ1) is 14.3. The number of nitrogens with one attached hydrogen (secondary N) is 1. The molecule has 0 fully saturated rings. The Morgan fingerprint density at radius 3 is 2.30 bits per heavy atom. The number of hydrogen-bond acceptors (Lipinski definition) is 5. The highest BCUT2D eigenvalue weighted by Gasteiger charge is 2.26. The molecule has 1 N–H and O–H groups in total. The number of urea groups is 1. The van der Waals surface area contributed by atoms with E-state index in [0.29, 0.717) is 13.0 Å². The third-order valence-electron chi connectivity index (χ3n) is 3.97. The lowest BCUT2D eigenvalue weighted by Crippen LogP contribution is -2.47. The maximum atomic E-state index is 12.4. The van der Waals surface area contributed by atoms with Gasteiger partial charge in [-0.05, 0) is 50.5 Å². The van der Waals surface area contributed by atoms with Gasteiger partial charge in [0.15, 0.2) is 0 Å². The molecular weight excluding hydrogens is 382 g/mol. The molecule has 7 nitrogen and oxygen atoms in total. The average Bonchev–Trinajstić information content (AvgIpc) is 2.71. The number of imide groups is 1. The van der Waals surface area contributed by atoms with Crippen LogP contribution in [-0.4, -0.2) is 35.7 Å². The van der Waals surface area contributed by atoms with Crippen molar-refractivity contribution in [2.24, 2.45) is 0 Å². The van der Waals surface area contributed by atoms with Gasteiger partial charge in [-0.15, -0.1) is 0 Å². The second-order valence-electron chi connectivity index (χ2n) is 7.62. The topological polar surface area (TPSA) is 91.7 Å². The molecule has 0 aromatic heterocycles. The van der Waals surface area contributed by atoms with Gasteiger partial charge in [0, 0.05) is 6.54 Å². The number of amides is 3. The molecule has 0 aliphatic heterocycles. The Balaban J connectivity index is 1.95. The molecule has 0 unspecified atom stereocenters. The van der Waals surface area contributed by atoms with E-state index in [9.17, 15) is 9.59 Å². The molecular formula is C23H27N3O4. The molecule has 2 rings (SSSR count). The lowest BCUT2D eigenvalue weighted by Gasteiger charge is -2.26. The summed E-state index contributed by atoms with van der Waals surface area (Å²) in [7, 11) is 0. The third kappa shape index (κ3) is 7.84. The van der Waals surface area contributed by atoms with Gasteiger partial charge in [-0.3, -0.25) is 0 Å². The van der Waals surface area contributed by atoms with E-state index in [1.807, 2.05) is 60.7 Å². The zero-order valence-corrected chi connectivity index (χ0v) is 17.6. The Labute approximate surface area is 177 Å². The fraction of sp³-hybridized carbons (Fsp3) is 0.348. The minimum atomic E-state index is -0.749. The molecule has 3 amide bonds. The van der Waals surface area contributed by atoms with Crippen LogP contribution in [0.25, 0.3) is 0 Å². The van der Waals surface area contributed by atoms with Crippen LogP contribution in [-0.2, 0) is 17.8 Å². The van der Waals surface area contributed by atoms with Crippen LogP contribution < -0.4 is 10.1 Å². The third-order valence-corrected chi connectivity index (χ3v) is 3.97. The number of nitriles is 1.